The lowest BCUT2D eigenvalue weighted by Crippen LogP contribution is -2.65. The van der Waals surface area contributed by atoms with Crippen LogP contribution in [0.15, 0.2) is 54.6 Å². The molecule has 25 heavy (non-hydrogen) atoms. The quantitative estimate of drug-likeness (QED) is 0.925. The number of hydrogen-bond acceptors (Lipinski definition) is 3. The molecule has 2 saturated heterocycles. The summed E-state index contributed by atoms with van der Waals surface area (Å²) < 4.78 is 0. The molecule has 2 aliphatic rings. The van der Waals surface area contributed by atoms with Crippen molar-refractivity contribution in [3.05, 3.63) is 60.2 Å². The highest BCUT2D eigenvalue weighted by Crippen LogP contribution is 2.25. The van der Waals surface area contributed by atoms with Gasteiger partial charge in [-0.15, -0.1) is 0 Å². The van der Waals surface area contributed by atoms with Gasteiger partial charge >= 0.3 is 0 Å². The Morgan fingerprint density at radius 1 is 0.960 bits per heavy atom. The normalized spacial score (nSPS) is 21.0. The van der Waals surface area contributed by atoms with Crippen molar-refractivity contribution in [2.75, 3.05) is 26.2 Å². The molecular weight excluding hydrogens is 314 g/mol. The van der Waals surface area contributed by atoms with E-state index in [0.717, 1.165) is 13.1 Å². The minimum Gasteiger partial charge on any atom is -0.345 e. The van der Waals surface area contributed by atoms with Crippen LogP contribution >= 0.6 is 0 Å². The minimum atomic E-state index is -0.362. The molecule has 0 spiro atoms. The van der Waals surface area contributed by atoms with Gasteiger partial charge in [0.1, 0.15) is 6.04 Å². The van der Waals surface area contributed by atoms with E-state index in [-0.39, 0.29) is 24.4 Å². The van der Waals surface area contributed by atoms with Crippen LogP contribution < -0.4 is 5.32 Å². The van der Waals surface area contributed by atoms with E-state index in [1.54, 1.807) is 4.90 Å². The highest BCUT2D eigenvalue weighted by molar-refractivity contribution is 5.95. The Morgan fingerprint density at radius 3 is 2.56 bits per heavy atom. The van der Waals surface area contributed by atoms with Crippen LogP contribution in [-0.4, -0.2) is 53.8 Å². The van der Waals surface area contributed by atoms with Gasteiger partial charge in [-0.25, -0.2) is 0 Å². The van der Waals surface area contributed by atoms with Gasteiger partial charge in [0.15, 0.2) is 0 Å². The number of fused-ring (bicyclic) bond motifs is 1. The summed E-state index contributed by atoms with van der Waals surface area (Å²) in [5, 5.41) is 2.70. The van der Waals surface area contributed by atoms with Crippen molar-refractivity contribution in [2.24, 2.45) is 0 Å². The molecule has 0 saturated carbocycles. The number of rotatable bonds is 3. The van der Waals surface area contributed by atoms with Crippen molar-refractivity contribution in [3.63, 3.8) is 0 Å². The zero-order chi connectivity index (χ0) is 17.2. The predicted molar refractivity (Wildman–Crippen MR) is 95.7 cm³/mol. The molecule has 2 aliphatic heterocycles. The van der Waals surface area contributed by atoms with Crippen LogP contribution in [0.2, 0.25) is 0 Å². The lowest BCUT2D eigenvalue weighted by molar-refractivity contribution is -0.149. The van der Waals surface area contributed by atoms with Crippen molar-refractivity contribution in [1.82, 2.24) is 15.1 Å². The van der Waals surface area contributed by atoms with Gasteiger partial charge in [0.05, 0.1) is 6.54 Å². The molecule has 2 aromatic rings. The number of hydrogen-bond donors (Lipinski definition) is 1. The highest BCUT2D eigenvalue weighted by Gasteiger charge is 2.38. The first kappa shape index (κ1) is 15.8. The molecule has 1 N–H and O–H groups in total. The maximum atomic E-state index is 12.1. The predicted octanol–water partition coefficient (Wildman–Crippen LogP) is 1.50. The van der Waals surface area contributed by atoms with Crippen LogP contribution in [0.5, 0.6) is 0 Å². The first-order valence-corrected chi connectivity index (χ1v) is 8.65. The van der Waals surface area contributed by atoms with Crippen molar-refractivity contribution in [2.45, 2.75) is 12.6 Å². The van der Waals surface area contributed by atoms with Crippen molar-refractivity contribution >= 4 is 11.8 Å². The molecule has 5 nitrogen and oxygen atoms in total. The number of amides is 2. The summed E-state index contributed by atoms with van der Waals surface area (Å²) in [6, 6.07) is 18.4. The minimum absolute atomic E-state index is 0.0222. The Morgan fingerprint density at radius 2 is 1.72 bits per heavy atom. The topological polar surface area (TPSA) is 52.7 Å². The van der Waals surface area contributed by atoms with Gasteiger partial charge in [0.2, 0.25) is 11.8 Å². The third-order valence-electron chi connectivity index (χ3n) is 5.00. The lowest BCUT2D eigenvalue weighted by atomic mass is 9.98. The second-order valence-corrected chi connectivity index (χ2v) is 6.58. The summed E-state index contributed by atoms with van der Waals surface area (Å²) in [6.07, 6.45) is 0. The molecule has 5 heteroatoms. The summed E-state index contributed by atoms with van der Waals surface area (Å²) >= 11 is 0. The average Bonchev–Trinajstić information content (AvgIpc) is 2.66. The van der Waals surface area contributed by atoms with E-state index in [2.05, 4.69) is 46.6 Å². The molecule has 0 aromatic heterocycles. The molecule has 0 unspecified atom stereocenters. The number of nitrogens with zero attached hydrogens (tertiary/aromatic N) is 2. The van der Waals surface area contributed by atoms with Gasteiger partial charge in [-0.2, -0.15) is 0 Å². The molecule has 2 aromatic carbocycles. The van der Waals surface area contributed by atoms with E-state index in [1.807, 2.05) is 18.2 Å². The molecule has 0 aliphatic carbocycles. The van der Waals surface area contributed by atoms with Crippen LogP contribution in [0, 0.1) is 0 Å². The van der Waals surface area contributed by atoms with Gasteiger partial charge in [-0.3, -0.25) is 14.5 Å². The summed E-state index contributed by atoms with van der Waals surface area (Å²) in [5.74, 6) is -0.0189. The Kier molecular flexibility index (Phi) is 4.24. The van der Waals surface area contributed by atoms with E-state index in [0.29, 0.717) is 13.1 Å². The van der Waals surface area contributed by atoms with Crippen LogP contribution in [0.4, 0.5) is 0 Å². The van der Waals surface area contributed by atoms with Crippen molar-refractivity contribution in [3.8, 4) is 11.1 Å². The molecule has 4 rings (SSSR count). The Hall–Kier alpha value is -2.66. The van der Waals surface area contributed by atoms with E-state index >= 15 is 0 Å². The molecule has 0 bridgehead atoms. The Bertz CT molecular complexity index is 791. The van der Waals surface area contributed by atoms with Crippen molar-refractivity contribution in [1.29, 1.82) is 0 Å². The molecule has 0 radical (unpaired) electrons. The number of nitrogens with one attached hydrogen (secondary N) is 1. The van der Waals surface area contributed by atoms with Crippen molar-refractivity contribution < 1.29 is 9.59 Å². The molecule has 2 fully saturated rings. The lowest BCUT2D eigenvalue weighted by Gasteiger charge is -2.43. The molecular formula is C20H21N3O2. The summed E-state index contributed by atoms with van der Waals surface area (Å²) in [7, 11) is 0. The number of piperazine rings is 2. The smallest absolute Gasteiger partial charge is 0.244 e. The molecule has 2 amide bonds. The highest BCUT2D eigenvalue weighted by atomic mass is 16.2. The fourth-order valence-electron chi connectivity index (χ4n) is 3.69. The largest absolute Gasteiger partial charge is 0.345 e. The summed E-state index contributed by atoms with van der Waals surface area (Å²) in [4.78, 5) is 28.1. The third kappa shape index (κ3) is 3.15. The third-order valence-corrected chi connectivity index (χ3v) is 5.00. The van der Waals surface area contributed by atoms with Crippen LogP contribution in [0.25, 0.3) is 11.1 Å². The molecule has 128 valence electrons. The zero-order valence-corrected chi connectivity index (χ0v) is 14.0. The first-order chi connectivity index (χ1) is 12.2. The maximum Gasteiger partial charge on any atom is 0.244 e. The first-order valence-electron chi connectivity index (χ1n) is 8.65. The summed E-state index contributed by atoms with van der Waals surface area (Å²) in [5.41, 5.74) is 3.65. The van der Waals surface area contributed by atoms with Gasteiger partial charge in [0, 0.05) is 26.2 Å². The van der Waals surface area contributed by atoms with Gasteiger partial charge in [0.25, 0.3) is 0 Å². The van der Waals surface area contributed by atoms with Gasteiger partial charge in [-0.1, -0.05) is 54.6 Å². The van der Waals surface area contributed by atoms with E-state index in [4.69, 9.17) is 0 Å². The van der Waals surface area contributed by atoms with Gasteiger partial charge in [-0.05, 0) is 16.7 Å². The van der Waals surface area contributed by atoms with Crippen LogP contribution in [0.1, 0.15) is 5.56 Å². The monoisotopic (exact) mass is 335 g/mol. The second kappa shape index (κ2) is 6.69. The molecule has 2 heterocycles. The SMILES string of the molecule is O=C1NCC(=O)N2CCN(Cc3ccccc3-c3ccccc3)C[C@H]12. The standard InChI is InChI=1S/C20H21N3O2/c24-19-12-21-20(25)18-14-22(10-11-23(18)19)13-16-8-4-5-9-17(16)15-6-2-1-3-7-15/h1-9,18H,10-14H2,(H,21,25)/t18-/m1/s1. The van der Waals surface area contributed by atoms with E-state index < -0.39 is 0 Å². The molecule has 1 atom stereocenters. The van der Waals surface area contributed by atoms with E-state index in [1.165, 1.54) is 16.7 Å². The number of carbonyl (C=O) groups is 2. The maximum absolute atomic E-state index is 12.1. The van der Waals surface area contributed by atoms with Crippen LogP contribution in [0.3, 0.4) is 0 Å². The van der Waals surface area contributed by atoms with Crippen LogP contribution in [-0.2, 0) is 16.1 Å². The number of carbonyl (C=O) groups excluding carboxylic acids is 2. The summed E-state index contributed by atoms with van der Waals surface area (Å²) in [6.45, 7) is 2.90. The Balaban J connectivity index is 1.54. The van der Waals surface area contributed by atoms with Gasteiger partial charge < -0.3 is 10.2 Å². The average molecular weight is 335 g/mol. The second-order valence-electron chi connectivity index (χ2n) is 6.58. The fourth-order valence-corrected chi connectivity index (χ4v) is 3.69. The fraction of sp³-hybridized carbons (Fsp3) is 0.300. The van der Waals surface area contributed by atoms with E-state index in [9.17, 15) is 9.59 Å². The number of benzene rings is 2. The Labute approximate surface area is 147 Å². The zero-order valence-electron chi connectivity index (χ0n) is 14.0.